The van der Waals surface area contributed by atoms with E-state index in [1.165, 1.54) is 16.6 Å². The average Bonchev–Trinajstić information content (AvgIpc) is 3.08. The molecule has 0 aliphatic carbocycles. The number of nitrogens with one attached hydrogen (secondary N) is 1. The summed E-state index contributed by atoms with van der Waals surface area (Å²) in [6.45, 7) is 3.23. The van der Waals surface area contributed by atoms with Crippen molar-refractivity contribution in [2.75, 3.05) is 26.3 Å². The average molecular weight is 298 g/mol. The summed E-state index contributed by atoms with van der Waals surface area (Å²) < 4.78 is 36.7. The number of H-pyrrole nitrogens is 1. The number of aromatic amines is 1. The van der Waals surface area contributed by atoms with Gasteiger partial charge in [0.15, 0.2) is 0 Å². The largest absolute Gasteiger partial charge is 0.420 e. The highest BCUT2D eigenvalue weighted by atomic mass is 32.2. The van der Waals surface area contributed by atoms with Crippen molar-refractivity contribution in [3.05, 3.63) is 18.2 Å². The second kappa shape index (κ2) is 5.00. The fourth-order valence-electron chi connectivity index (χ4n) is 1.99. The predicted octanol–water partition coefficient (Wildman–Crippen LogP) is 0.394. The van der Waals surface area contributed by atoms with E-state index in [9.17, 15) is 8.42 Å². The number of aryl methyl sites for hydroxylation is 1. The maximum atomic E-state index is 12.4. The first-order chi connectivity index (χ1) is 9.57. The summed E-state index contributed by atoms with van der Waals surface area (Å²) in [6, 6.07) is 1.50. The first-order valence-electron chi connectivity index (χ1n) is 6.14. The van der Waals surface area contributed by atoms with Crippen molar-refractivity contribution in [3.8, 4) is 11.6 Å². The Morgan fingerprint density at radius 3 is 2.70 bits per heavy atom. The van der Waals surface area contributed by atoms with Crippen molar-refractivity contribution >= 4 is 10.0 Å². The first kappa shape index (κ1) is 13.3. The highest BCUT2D eigenvalue weighted by Crippen LogP contribution is 2.23. The zero-order chi connectivity index (χ0) is 14.2. The quantitative estimate of drug-likeness (QED) is 0.879. The second-order valence-electron chi connectivity index (χ2n) is 4.39. The van der Waals surface area contributed by atoms with Crippen LogP contribution in [0.1, 0.15) is 5.89 Å². The maximum absolute atomic E-state index is 12.4. The van der Waals surface area contributed by atoms with Gasteiger partial charge < -0.3 is 14.1 Å². The summed E-state index contributed by atoms with van der Waals surface area (Å²) in [4.78, 5) is 3.03. The third-order valence-electron chi connectivity index (χ3n) is 3.02. The van der Waals surface area contributed by atoms with E-state index in [1.54, 1.807) is 6.92 Å². The molecule has 0 spiro atoms. The van der Waals surface area contributed by atoms with E-state index in [2.05, 4.69) is 15.2 Å². The lowest BCUT2D eigenvalue weighted by molar-refractivity contribution is 0.0730. The van der Waals surface area contributed by atoms with Gasteiger partial charge in [-0.05, 0) is 6.07 Å². The Morgan fingerprint density at radius 2 is 2.05 bits per heavy atom. The molecular formula is C11H14N4O4S. The molecule has 0 radical (unpaired) electrons. The minimum Gasteiger partial charge on any atom is -0.420 e. The van der Waals surface area contributed by atoms with Crippen LogP contribution in [0.4, 0.5) is 0 Å². The summed E-state index contributed by atoms with van der Waals surface area (Å²) >= 11 is 0. The molecular weight excluding hydrogens is 284 g/mol. The van der Waals surface area contributed by atoms with Gasteiger partial charge in [0.25, 0.3) is 5.89 Å². The summed E-state index contributed by atoms with van der Waals surface area (Å²) in [5.41, 5.74) is 0.484. The summed E-state index contributed by atoms with van der Waals surface area (Å²) in [5.74, 6) is 0.693. The molecule has 3 rings (SSSR count). The maximum Gasteiger partial charge on any atom is 0.264 e. The molecule has 9 heteroatoms. The van der Waals surface area contributed by atoms with Crippen LogP contribution in [0.3, 0.4) is 0 Å². The van der Waals surface area contributed by atoms with Crippen molar-refractivity contribution in [1.82, 2.24) is 19.5 Å². The van der Waals surface area contributed by atoms with Crippen LogP contribution in [0.15, 0.2) is 21.6 Å². The van der Waals surface area contributed by atoms with E-state index in [0.29, 0.717) is 37.9 Å². The smallest absolute Gasteiger partial charge is 0.264 e. The number of sulfonamides is 1. The summed E-state index contributed by atoms with van der Waals surface area (Å²) in [5, 5.41) is 7.56. The van der Waals surface area contributed by atoms with Crippen molar-refractivity contribution in [2.24, 2.45) is 0 Å². The minimum atomic E-state index is -3.51. The first-order valence-corrected chi connectivity index (χ1v) is 7.58. The molecule has 0 unspecified atom stereocenters. The topological polar surface area (TPSA) is 101 Å². The molecule has 8 nitrogen and oxygen atoms in total. The molecule has 0 bridgehead atoms. The van der Waals surface area contributed by atoms with Gasteiger partial charge in [0.05, 0.1) is 13.2 Å². The number of aromatic nitrogens is 3. The Morgan fingerprint density at radius 1 is 1.30 bits per heavy atom. The molecule has 0 atom stereocenters. The summed E-state index contributed by atoms with van der Waals surface area (Å²) in [7, 11) is -3.51. The standard InChI is InChI=1S/C11H14N4O4S/c1-8-13-14-11(19-8)10-6-9(7-12-10)20(16,17)15-2-4-18-5-3-15/h6-7,12H,2-5H2,1H3. The Bertz CT molecular complexity index is 700. The molecule has 108 valence electrons. The Labute approximate surface area is 115 Å². The van der Waals surface area contributed by atoms with E-state index in [-0.39, 0.29) is 10.8 Å². The van der Waals surface area contributed by atoms with Gasteiger partial charge in [-0.25, -0.2) is 8.42 Å². The Balaban J connectivity index is 1.89. The van der Waals surface area contributed by atoms with Crippen LogP contribution in [0.2, 0.25) is 0 Å². The third-order valence-corrected chi connectivity index (χ3v) is 4.90. The van der Waals surface area contributed by atoms with E-state index in [0.717, 1.165) is 0 Å². The molecule has 0 amide bonds. The van der Waals surface area contributed by atoms with E-state index in [4.69, 9.17) is 9.15 Å². The molecule has 1 aliphatic rings. The number of hydrogen-bond acceptors (Lipinski definition) is 6. The van der Waals surface area contributed by atoms with E-state index in [1.807, 2.05) is 0 Å². The van der Waals surface area contributed by atoms with Gasteiger partial charge >= 0.3 is 0 Å². The van der Waals surface area contributed by atoms with E-state index < -0.39 is 10.0 Å². The Hall–Kier alpha value is -1.71. The van der Waals surface area contributed by atoms with Gasteiger partial charge in [-0.2, -0.15) is 4.31 Å². The lowest BCUT2D eigenvalue weighted by Gasteiger charge is -2.25. The number of rotatable bonds is 3. The van der Waals surface area contributed by atoms with Crippen LogP contribution >= 0.6 is 0 Å². The zero-order valence-electron chi connectivity index (χ0n) is 10.9. The molecule has 1 aliphatic heterocycles. The molecule has 2 aromatic rings. The van der Waals surface area contributed by atoms with Gasteiger partial charge in [0.2, 0.25) is 15.9 Å². The molecule has 0 aromatic carbocycles. The minimum absolute atomic E-state index is 0.185. The van der Waals surface area contributed by atoms with Crippen molar-refractivity contribution in [1.29, 1.82) is 0 Å². The fourth-order valence-corrected chi connectivity index (χ4v) is 3.39. The SMILES string of the molecule is Cc1nnc(-c2cc(S(=O)(=O)N3CCOCC3)c[nH]2)o1. The van der Waals surface area contributed by atoms with E-state index >= 15 is 0 Å². The normalized spacial score (nSPS) is 17.4. The number of morpholine rings is 1. The fraction of sp³-hybridized carbons (Fsp3) is 0.455. The summed E-state index contributed by atoms with van der Waals surface area (Å²) in [6.07, 6.45) is 1.43. The Kier molecular flexibility index (Phi) is 3.32. The molecule has 1 N–H and O–H groups in total. The van der Waals surface area contributed by atoms with Crippen LogP contribution < -0.4 is 0 Å². The van der Waals surface area contributed by atoms with Crippen LogP contribution in [-0.4, -0.2) is 54.2 Å². The number of ether oxygens (including phenoxy) is 1. The molecule has 3 heterocycles. The second-order valence-corrected chi connectivity index (χ2v) is 6.33. The van der Waals surface area contributed by atoms with Gasteiger partial charge in [-0.15, -0.1) is 10.2 Å². The number of nitrogens with zero attached hydrogens (tertiary/aromatic N) is 3. The number of hydrogen-bond donors (Lipinski definition) is 1. The zero-order valence-corrected chi connectivity index (χ0v) is 11.7. The lowest BCUT2D eigenvalue weighted by atomic mass is 10.4. The van der Waals surface area contributed by atoms with Crippen LogP contribution in [0.25, 0.3) is 11.6 Å². The van der Waals surface area contributed by atoms with Gasteiger partial charge in [0.1, 0.15) is 10.6 Å². The third kappa shape index (κ3) is 2.35. The van der Waals surface area contributed by atoms with Crippen LogP contribution in [0.5, 0.6) is 0 Å². The van der Waals surface area contributed by atoms with Crippen molar-refractivity contribution < 1.29 is 17.6 Å². The highest BCUT2D eigenvalue weighted by molar-refractivity contribution is 7.89. The van der Waals surface area contributed by atoms with Crippen molar-refractivity contribution in [3.63, 3.8) is 0 Å². The predicted molar refractivity (Wildman–Crippen MR) is 68.4 cm³/mol. The highest BCUT2D eigenvalue weighted by Gasteiger charge is 2.27. The lowest BCUT2D eigenvalue weighted by Crippen LogP contribution is -2.40. The molecule has 20 heavy (non-hydrogen) atoms. The molecule has 1 fully saturated rings. The molecule has 0 saturated carbocycles. The van der Waals surface area contributed by atoms with Gasteiger partial charge in [-0.1, -0.05) is 0 Å². The molecule has 2 aromatic heterocycles. The monoisotopic (exact) mass is 298 g/mol. The van der Waals surface area contributed by atoms with Gasteiger partial charge in [-0.3, -0.25) is 0 Å². The van der Waals surface area contributed by atoms with Gasteiger partial charge in [0, 0.05) is 26.2 Å². The molecule has 1 saturated heterocycles. The van der Waals surface area contributed by atoms with Crippen LogP contribution in [0, 0.1) is 6.92 Å². The van der Waals surface area contributed by atoms with Crippen molar-refractivity contribution in [2.45, 2.75) is 11.8 Å². The van der Waals surface area contributed by atoms with Crippen LogP contribution in [-0.2, 0) is 14.8 Å².